The molecule has 2 atom stereocenters. The van der Waals surface area contributed by atoms with Crippen molar-refractivity contribution in [2.45, 2.75) is 58.2 Å². The van der Waals surface area contributed by atoms with Crippen LogP contribution in [0.25, 0.3) is 0 Å². The van der Waals surface area contributed by atoms with E-state index in [1.807, 2.05) is 0 Å². The third kappa shape index (κ3) is 5.09. The number of carbonyl (C=O) groups is 1. The van der Waals surface area contributed by atoms with E-state index in [1.54, 1.807) is 27.7 Å². The molecule has 10 heteroatoms. The van der Waals surface area contributed by atoms with Gasteiger partial charge in [-0.3, -0.25) is 15.0 Å². The van der Waals surface area contributed by atoms with E-state index in [0.29, 0.717) is 16.0 Å². The minimum atomic E-state index is -4.77. The van der Waals surface area contributed by atoms with Crippen LogP contribution in [-0.2, 0) is 15.9 Å². The zero-order chi connectivity index (χ0) is 20.6. The van der Waals surface area contributed by atoms with Crippen molar-refractivity contribution < 1.29 is 32.4 Å². The summed E-state index contributed by atoms with van der Waals surface area (Å²) in [5.41, 5.74) is 0.0503. The highest BCUT2D eigenvalue weighted by molar-refractivity contribution is 5.69. The first kappa shape index (κ1) is 20.9. The number of nitrogens with zero attached hydrogens (tertiary/aromatic N) is 2. The molecule has 1 amide bonds. The number of nitro groups is 1. The normalized spacial score (nSPS) is 20.6. The quantitative estimate of drug-likeness (QED) is 0.576. The van der Waals surface area contributed by atoms with Crippen molar-refractivity contribution in [3.8, 4) is 0 Å². The maximum absolute atomic E-state index is 13.3. The predicted octanol–water partition coefficient (Wildman–Crippen LogP) is 3.97. The van der Waals surface area contributed by atoms with Crippen LogP contribution in [-0.4, -0.2) is 46.6 Å². The summed E-state index contributed by atoms with van der Waals surface area (Å²) in [7, 11) is 0. The molecule has 27 heavy (non-hydrogen) atoms. The number of benzene rings is 1. The van der Waals surface area contributed by atoms with Gasteiger partial charge in [0, 0.05) is 12.1 Å². The second-order valence-electron chi connectivity index (χ2n) is 7.34. The van der Waals surface area contributed by atoms with Gasteiger partial charge in [-0.25, -0.2) is 4.79 Å². The minimum absolute atomic E-state index is 0.0512. The summed E-state index contributed by atoms with van der Waals surface area (Å²) in [5, 5.41) is 10.8. The third-order valence-electron chi connectivity index (χ3n) is 3.97. The average molecular weight is 390 g/mol. The second kappa shape index (κ2) is 7.34. The number of nitro benzene ring substituents is 1. The van der Waals surface area contributed by atoms with E-state index in [2.05, 4.69) is 0 Å². The van der Waals surface area contributed by atoms with Gasteiger partial charge in [0.2, 0.25) is 6.23 Å². The number of amides is 1. The largest absolute Gasteiger partial charge is 0.444 e. The van der Waals surface area contributed by atoms with Crippen LogP contribution in [0.1, 0.15) is 31.9 Å². The number of alkyl halides is 3. The summed E-state index contributed by atoms with van der Waals surface area (Å²) >= 11 is 0. The van der Waals surface area contributed by atoms with E-state index >= 15 is 0 Å². The van der Waals surface area contributed by atoms with Gasteiger partial charge in [-0.1, -0.05) is 6.07 Å². The molecule has 1 aromatic rings. The predicted molar refractivity (Wildman–Crippen MR) is 89.2 cm³/mol. The number of rotatable bonds is 3. The number of hydrogen-bond donors (Lipinski definition) is 0. The Morgan fingerprint density at radius 3 is 2.48 bits per heavy atom. The Bertz CT molecular complexity index is 730. The Morgan fingerprint density at radius 1 is 1.37 bits per heavy atom. The van der Waals surface area contributed by atoms with E-state index in [9.17, 15) is 28.1 Å². The number of carbonyl (C=O) groups excluding carboxylic acids is 1. The molecule has 150 valence electrons. The molecule has 0 radical (unpaired) electrons. The molecule has 0 unspecified atom stereocenters. The van der Waals surface area contributed by atoms with Gasteiger partial charge in [0.15, 0.2) is 0 Å². The Balaban J connectivity index is 2.28. The maximum Gasteiger partial charge on any atom is 0.433 e. The smallest absolute Gasteiger partial charge is 0.433 e. The zero-order valence-corrected chi connectivity index (χ0v) is 15.4. The highest BCUT2D eigenvalue weighted by Crippen LogP contribution is 2.34. The first-order valence-corrected chi connectivity index (χ1v) is 8.23. The lowest BCUT2D eigenvalue weighted by atomic mass is 10.0. The van der Waals surface area contributed by atoms with Gasteiger partial charge < -0.3 is 9.47 Å². The summed E-state index contributed by atoms with van der Waals surface area (Å²) in [5.74, 6) is 0. The molecule has 1 heterocycles. The number of aryl methyl sites for hydroxylation is 1. The standard InChI is InChI=1S/C17H21F3N2O5/c1-10-7-12(22(24)25)6-5-11(10)8-13-9-26-14(17(18,19)20)21(13)15(23)27-16(2,3)4/h5-7,13-14H,8-9H2,1-4H3/t13-,14-/m0/s1. The molecule has 1 saturated heterocycles. The molecule has 0 aliphatic carbocycles. The van der Waals surface area contributed by atoms with Gasteiger partial charge in [0.1, 0.15) is 5.60 Å². The molecule has 0 saturated carbocycles. The molecule has 0 bridgehead atoms. The highest BCUT2D eigenvalue weighted by atomic mass is 19.4. The number of halogens is 3. The van der Waals surface area contributed by atoms with Gasteiger partial charge >= 0.3 is 12.3 Å². The molecule has 1 aromatic carbocycles. The molecule has 1 aliphatic rings. The van der Waals surface area contributed by atoms with Gasteiger partial charge in [-0.2, -0.15) is 13.2 Å². The first-order valence-electron chi connectivity index (χ1n) is 8.23. The molecule has 2 rings (SSSR count). The molecular weight excluding hydrogens is 369 g/mol. The van der Waals surface area contributed by atoms with Crippen LogP contribution in [0.15, 0.2) is 18.2 Å². The lowest BCUT2D eigenvalue weighted by molar-refractivity contribution is -0.384. The number of ether oxygens (including phenoxy) is 2. The van der Waals surface area contributed by atoms with Crippen LogP contribution in [0.2, 0.25) is 0 Å². The van der Waals surface area contributed by atoms with Gasteiger partial charge in [-0.05, 0) is 45.2 Å². The van der Waals surface area contributed by atoms with Crippen LogP contribution in [0, 0.1) is 17.0 Å². The van der Waals surface area contributed by atoms with Crippen LogP contribution in [0.4, 0.5) is 23.7 Å². The third-order valence-corrected chi connectivity index (χ3v) is 3.97. The van der Waals surface area contributed by atoms with E-state index in [0.717, 1.165) is 0 Å². The van der Waals surface area contributed by atoms with E-state index in [1.165, 1.54) is 18.2 Å². The second-order valence-corrected chi connectivity index (χ2v) is 7.34. The van der Waals surface area contributed by atoms with Gasteiger partial charge in [-0.15, -0.1) is 0 Å². The van der Waals surface area contributed by atoms with Crippen LogP contribution in [0.5, 0.6) is 0 Å². The summed E-state index contributed by atoms with van der Waals surface area (Å²) in [6, 6.07) is 3.18. The number of non-ortho nitro benzene ring substituents is 1. The van der Waals surface area contributed by atoms with E-state index in [-0.39, 0.29) is 18.7 Å². The Hall–Kier alpha value is -2.36. The van der Waals surface area contributed by atoms with Crippen molar-refractivity contribution in [2.75, 3.05) is 6.61 Å². The van der Waals surface area contributed by atoms with Crippen molar-refractivity contribution in [1.82, 2.24) is 4.90 Å². The fraction of sp³-hybridized carbons (Fsp3) is 0.588. The summed E-state index contributed by atoms with van der Waals surface area (Å²) in [4.78, 5) is 23.2. The lowest BCUT2D eigenvalue weighted by Crippen LogP contribution is -2.51. The molecular formula is C17H21F3N2O5. The van der Waals surface area contributed by atoms with Gasteiger partial charge in [0.05, 0.1) is 17.6 Å². The topological polar surface area (TPSA) is 81.9 Å². The monoisotopic (exact) mass is 390 g/mol. The van der Waals surface area contributed by atoms with Crippen LogP contribution < -0.4 is 0 Å². The number of hydrogen-bond acceptors (Lipinski definition) is 5. The fourth-order valence-corrected chi connectivity index (χ4v) is 2.80. The Morgan fingerprint density at radius 2 is 2.00 bits per heavy atom. The summed E-state index contributed by atoms with van der Waals surface area (Å²) in [6.45, 7) is 5.97. The van der Waals surface area contributed by atoms with Crippen LogP contribution in [0.3, 0.4) is 0 Å². The molecule has 7 nitrogen and oxygen atoms in total. The minimum Gasteiger partial charge on any atom is -0.444 e. The average Bonchev–Trinajstić information content (AvgIpc) is 2.91. The zero-order valence-electron chi connectivity index (χ0n) is 15.4. The Kier molecular flexibility index (Phi) is 5.69. The Labute approximate surface area is 154 Å². The van der Waals surface area contributed by atoms with Gasteiger partial charge in [0.25, 0.3) is 5.69 Å². The maximum atomic E-state index is 13.3. The van der Waals surface area contributed by atoms with Crippen LogP contribution >= 0.6 is 0 Å². The van der Waals surface area contributed by atoms with Crippen molar-refractivity contribution in [3.05, 3.63) is 39.4 Å². The van der Waals surface area contributed by atoms with Crippen molar-refractivity contribution in [1.29, 1.82) is 0 Å². The molecule has 0 N–H and O–H groups in total. The van der Waals surface area contributed by atoms with Crippen molar-refractivity contribution in [3.63, 3.8) is 0 Å². The first-order chi connectivity index (χ1) is 12.3. The van der Waals surface area contributed by atoms with E-state index < -0.39 is 35.1 Å². The van der Waals surface area contributed by atoms with Crippen molar-refractivity contribution >= 4 is 11.8 Å². The molecule has 1 aliphatic heterocycles. The lowest BCUT2D eigenvalue weighted by Gasteiger charge is -2.31. The molecule has 1 fully saturated rings. The summed E-state index contributed by atoms with van der Waals surface area (Å²) in [6.07, 6.45) is -8.23. The fourth-order valence-electron chi connectivity index (χ4n) is 2.80. The highest BCUT2D eigenvalue weighted by Gasteiger charge is 2.54. The molecule has 0 aromatic heterocycles. The van der Waals surface area contributed by atoms with Crippen molar-refractivity contribution in [2.24, 2.45) is 0 Å². The SMILES string of the molecule is Cc1cc([N+](=O)[O-])ccc1C[C@H]1CO[C@@H](C(F)(F)F)N1C(=O)OC(C)(C)C. The van der Waals surface area contributed by atoms with E-state index in [4.69, 9.17) is 9.47 Å². The summed E-state index contributed by atoms with van der Waals surface area (Å²) < 4.78 is 49.8. The molecule has 0 spiro atoms.